The molecule has 104 valence electrons. The predicted octanol–water partition coefficient (Wildman–Crippen LogP) is 1.87. The molecule has 2 rings (SSSR count). The summed E-state index contributed by atoms with van der Waals surface area (Å²) in [5.41, 5.74) is 0. The lowest BCUT2D eigenvalue weighted by atomic mass is 10.0. The molecule has 0 aromatic carbocycles. The minimum absolute atomic E-state index is 0.0183. The highest BCUT2D eigenvalue weighted by molar-refractivity contribution is 7.17. The molecule has 0 radical (unpaired) electrons. The van der Waals surface area contributed by atoms with Gasteiger partial charge in [-0.3, -0.25) is 14.9 Å². The van der Waals surface area contributed by atoms with E-state index in [2.05, 4.69) is 5.32 Å². The molecule has 0 spiro atoms. The van der Waals surface area contributed by atoms with Gasteiger partial charge in [0.15, 0.2) is 0 Å². The van der Waals surface area contributed by atoms with Crippen LogP contribution in [0.3, 0.4) is 0 Å². The molecule has 1 saturated heterocycles. The van der Waals surface area contributed by atoms with Gasteiger partial charge in [0.25, 0.3) is 5.91 Å². The van der Waals surface area contributed by atoms with Gasteiger partial charge in [-0.1, -0.05) is 11.3 Å². The van der Waals surface area contributed by atoms with Crippen LogP contribution in [0.15, 0.2) is 12.1 Å². The van der Waals surface area contributed by atoms with Gasteiger partial charge in [0.05, 0.1) is 9.80 Å². The normalized spacial score (nSPS) is 16.3. The van der Waals surface area contributed by atoms with Crippen molar-refractivity contribution in [2.45, 2.75) is 25.8 Å². The lowest BCUT2D eigenvalue weighted by Crippen LogP contribution is -2.45. The zero-order valence-electron chi connectivity index (χ0n) is 10.8. The Bertz CT molecular complexity index is 469. The summed E-state index contributed by atoms with van der Waals surface area (Å²) in [4.78, 5) is 24.9. The van der Waals surface area contributed by atoms with Crippen LogP contribution in [0.4, 0.5) is 5.00 Å². The van der Waals surface area contributed by atoms with Crippen molar-refractivity contribution in [3.63, 3.8) is 0 Å². The Balaban J connectivity index is 2.12. The van der Waals surface area contributed by atoms with Crippen LogP contribution in [-0.4, -0.2) is 41.4 Å². The number of carbonyl (C=O) groups excluding carboxylic acids is 1. The number of carbonyl (C=O) groups is 1. The minimum atomic E-state index is -0.456. The van der Waals surface area contributed by atoms with Crippen molar-refractivity contribution in [1.82, 2.24) is 10.2 Å². The van der Waals surface area contributed by atoms with Crippen LogP contribution in [0, 0.1) is 10.1 Å². The Morgan fingerprint density at radius 2 is 2.21 bits per heavy atom. The summed E-state index contributed by atoms with van der Waals surface area (Å²) in [6.07, 6.45) is 1.88. The molecule has 2 heterocycles. The van der Waals surface area contributed by atoms with Gasteiger partial charge in [-0.05, 0) is 38.9 Å². The van der Waals surface area contributed by atoms with Crippen molar-refractivity contribution >= 4 is 22.2 Å². The molecule has 19 heavy (non-hydrogen) atoms. The first-order valence-electron chi connectivity index (χ1n) is 6.39. The second-order valence-corrected chi connectivity index (χ2v) is 5.53. The molecule has 0 unspecified atom stereocenters. The molecule has 0 saturated carbocycles. The smallest absolute Gasteiger partial charge is 0.324 e. The highest BCUT2D eigenvalue weighted by Crippen LogP contribution is 2.26. The lowest BCUT2D eigenvalue weighted by Gasteiger charge is -2.33. The topological polar surface area (TPSA) is 75.5 Å². The van der Waals surface area contributed by atoms with Crippen LogP contribution in [0.2, 0.25) is 0 Å². The molecule has 1 fully saturated rings. The molecule has 0 aliphatic carbocycles. The molecule has 1 aromatic heterocycles. The molecule has 1 aliphatic heterocycles. The zero-order valence-corrected chi connectivity index (χ0v) is 11.6. The quantitative estimate of drug-likeness (QED) is 0.676. The fourth-order valence-corrected chi connectivity index (χ4v) is 3.14. The molecule has 1 N–H and O–H groups in total. The van der Waals surface area contributed by atoms with E-state index in [1.165, 1.54) is 6.07 Å². The van der Waals surface area contributed by atoms with Crippen LogP contribution in [0.1, 0.15) is 29.4 Å². The van der Waals surface area contributed by atoms with E-state index >= 15 is 0 Å². The zero-order chi connectivity index (χ0) is 13.8. The molecular weight excluding hydrogens is 266 g/mol. The van der Waals surface area contributed by atoms with Crippen molar-refractivity contribution in [1.29, 1.82) is 0 Å². The number of hydrogen-bond donors (Lipinski definition) is 1. The number of nitrogens with zero attached hydrogens (tertiary/aromatic N) is 2. The average Bonchev–Trinajstić information content (AvgIpc) is 2.90. The summed E-state index contributed by atoms with van der Waals surface area (Å²) in [5, 5.41) is 13.9. The Hall–Kier alpha value is -1.47. The summed E-state index contributed by atoms with van der Waals surface area (Å²) < 4.78 is 0. The third kappa shape index (κ3) is 3.10. The number of amides is 1. The van der Waals surface area contributed by atoms with Crippen molar-refractivity contribution in [2.75, 3.05) is 19.6 Å². The van der Waals surface area contributed by atoms with Gasteiger partial charge in [-0.25, -0.2) is 0 Å². The number of nitrogens with one attached hydrogen (secondary N) is 1. The first-order valence-corrected chi connectivity index (χ1v) is 7.21. The third-order valence-electron chi connectivity index (χ3n) is 3.33. The van der Waals surface area contributed by atoms with Crippen molar-refractivity contribution in [3.05, 3.63) is 27.1 Å². The molecule has 0 atom stereocenters. The molecule has 0 bridgehead atoms. The van der Waals surface area contributed by atoms with Gasteiger partial charge < -0.3 is 10.2 Å². The number of hydrogen-bond acceptors (Lipinski definition) is 5. The van der Waals surface area contributed by atoms with Crippen LogP contribution < -0.4 is 5.32 Å². The van der Waals surface area contributed by atoms with Crippen molar-refractivity contribution in [2.24, 2.45) is 0 Å². The van der Waals surface area contributed by atoms with E-state index in [-0.39, 0.29) is 17.0 Å². The summed E-state index contributed by atoms with van der Waals surface area (Å²) in [6, 6.07) is 3.18. The fourth-order valence-electron chi connectivity index (χ4n) is 2.37. The van der Waals surface area contributed by atoms with Crippen molar-refractivity contribution in [3.8, 4) is 0 Å². The monoisotopic (exact) mass is 283 g/mol. The number of thiophene rings is 1. The Kier molecular flexibility index (Phi) is 4.49. The van der Waals surface area contributed by atoms with E-state index in [0.717, 1.165) is 37.3 Å². The molecule has 1 aromatic rings. The van der Waals surface area contributed by atoms with E-state index in [9.17, 15) is 14.9 Å². The Labute approximate surface area is 115 Å². The highest BCUT2D eigenvalue weighted by Gasteiger charge is 2.26. The fraction of sp³-hybridized carbons (Fsp3) is 0.583. The SMILES string of the molecule is CCN(C(=O)c1ccc([N+](=O)[O-])s1)C1CCNCC1. The largest absolute Gasteiger partial charge is 0.335 e. The van der Waals surface area contributed by atoms with E-state index in [0.29, 0.717) is 11.4 Å². The van der Waals surface area contributed by atoms with Crippen LogP contribution >= 0.6 is 11.3 Å². The minimum Gasteiger partial charge on any atom is -0.335 e. The van der Waals surface area contributed by atoms with Gasteiger partial charge in [0, 0.05) is 18.7 Å². The third-order valence-corrected chi connectivity index (χ3v) is 4.36. The molecular formula is C12H17N3O3S. The summed E-state index contributed by atoms with van der Waals surface area (Å²) in [5.74, 6) is -0.0903. The Morgan fingerprint density at radius 1 is 1.53 bits per heavy atom. The van der Waals surface area contributed by atoms with Crippen LogP contribution in [0.5, 0.6) is 0 Å². The van der Waals surface area contributed by atoms with Gasteiger partial charge in [0.1, 0.15) is 0 Å². The standard InChI is InChI=1S/C12H17N3O3S/c1-2-14(9-5-7-13-8-6-9)12(16)10-3-4-11(19-10)15(17)18/h3-4,9,13H,2,5-8H2,1H3. The highest BCUT2D eigenvalue weighted by atomic mass is 32.1. The second-order valence-electron chi connectivity index (χ2n) is 4.47. The van der Waals surface area contributed by atoms with E-state index in [4.69, 9.17) is 0 Å². The predicted molar refractivity (Wildman–Crippen MR) is 73.6 cm³/mol. The Morgan fingerprint density at radius 3 is 2.74 bits per heavy atom. The number of nitro groups is 1. The average molecular weight is 283 g/mol. The maximum absolute atomic E-state index is 12.4. The summed E-state index contributed by atoms with van der Waals surface area (Å²) in [7, 11) is 0. The van der Waals surface area contributed by atoms with Gasteiger partial charge >= 0.3 is 5.00 Å². The lowest BCUT2D eigenvalue weighted by molar-refractivity contribution is -0.380. The first-order chi connectivity index (χ1) is 9.13. The van der Waals surface area contributed by atoms with Gasteiger partial charge in [-0.15, -0.1) is 0 Å². The van der Waals surface area contributed by atoms with Crippen molar-refractivity contribution < 1.29 is 9.72 Å². The molecule has 1 aliphatic rings. The van der Waals surface area contributed by atoms with E-state index < -0.39 is 4.92 Å². The van der Waals surface area contributed by atoms with E-state index in [1.54, 1.807) is 6.07 Å². The second kappa shape index (κ2) is 6.12. The van der Waals surface area contributed by atoms with E-state index in [1.807, 2.05) is 11.8 Å². The maximum atomic E-state index is 12.4. The summed E-state index contributed by atoms with van der Waals surface area (Å²) in [6.45, 7) is 4.41. The van der Waals surface area contributed by atoms with Crippen LogP contribution in [0.25, 0.3) is 0 Å². The molecule has 1 amide bonds. The molecule has 6 nitrogen and oxygen atoms in total. The molecule has 7 heteroatoms. The first kappa shape index (κ1) is 14.0. The number of piperidine rings is 1. The maximum Gasteiger partial charge on any atom is 0.324 e. The van der Waals surface area contributed by atoms with Gasteiger partial charge in [-0.2, -0.15) is 0 Å². The number of rotatable bonds is 4. The van der Waals surface area contributed by atoms with Gasteiger partial charge in [0.2, 0.25) is 0 Å². The van der Waals surface area contributed by atoms with Crippen LogP contribution in [-0.2, 0) is 0 Å². The summed E-state index contributed by atoms with van der Waals surface area (Å²) >= 11 is 0.951.